The highest BCUT2D eigenvalue weighted by molar-refractivity contribution is 5.97. The van der Waals surface area contributed by atoms with E-state index >= 15 is 0 Å². The van der Waals surface area contributed by atoms with Crippen LogP contribution in [0, 0.1) is 0 Å². The van der Waals surface area contributed by atoms with Gasteiger partial charge in [0.2, 0.25) is 0 Å². The average molecular weight is 250 g/mol. The molecule has 1 aliphatic carbocycles. The molecule has 1 aromatic heterocycles. The summed E-state index contributed by atoms with van der Waals surface area (Å²) in [6, 6.07) is 0.211. The normalized spacial score (nSPS) is 16.6. The van der Waals surface area contributed by atoms with E-state index < -0.39 is 0 Å². The van der Waals surface area contributed by atoms with E-state index in [1.807, 2.05) is 0 Å². The van der Waals surface area contributed by atoms with Crippen LogP contribution in [0.4, 0.5) is 5.69 Å². The predicted molar refractivity (Wildman–Crippen MR) is 71.4 cm³/mol. The van der Waals surface area contributed by atoms with E-state index in [2.05, 4.69) is 29.4 Å². The lowest BCUT2D eigenvalue weighted by Crippen LogP contribution is -2.34. The minimum atomic E-state index is -0.157. The van der Waals surface area contributed by atoms with Crippen LogP contribution >= 0.6 is 0 Å². The van der Waals surface area contributed by atoms with Crippen LogP contribution in [0.2, 0.25) is 0 Å². The molecule has 5 nitrogen and oxygen atoms in total. The Bertz CT molecular complexity index is 423. The van der Waals surface area contributed by atoms with Crippen LogP contribution in [0.1, 0.15) is 68.1 Å². The van der Waals surface area contributed by atoms with Crippen molar-refractivity contribution < 1.29 is 4.79 Å². The second-order valence-electron chi connectivity index (χ2n) is 5.04. The smallest absolute Gasteiger partial charge is 0.274 e. The Labute approximate surface area is 108 Å². The molecular weight excluding hydrogens is 228 g/mol. The van der Waals surface area contributed by atoms with Gasteiger partial charge in [0.05, 0.1) is 11.4 Å². The van der Waals surface area contributed by atoms with Crippen LogP contribution in [0.3, 0.4) is 0 Å². The van der Waals surface area contributed by atoms with Crippen LogP contribution in [0.15, 0.2) is 0 Å². The zero-order valence-electron chi connectivity index (χ0n) is 11.1. The highest BCUT2D eigenvalue weighted by Crippen LogP contribution is 2.42. The van der Waals surface area contributed by atoms with Gasteiger partial charge in [0.15, 0.2) is 5.69 Å². The fourth-order valence-corrected chi connectivity index (χ4v) is 2.20. The van der Waals surface area contributed by atoms with E-state index in [-0.39, 0.29) is 11.9 Å². The van der Waals surface area contributed by atoms with Gasteiger partial charge >= 0.3 is 0 Å². The third-order valence-corrected chi connectivity index (χ3v) is 3.50. The Kier molecular flexibility index (Phi) is 3.89. The Hall–Kier alpha value is -1.52. The molecule has 100 valence electrons. The van der Waals surface area contributed by atoms with Gasteiger partial charge in [0, 0.05) is 12.0 Å². The number of rotatable bonds is 6. The molecule has 18 heavy (non-hydrogen) atoms. The molecule has 0 bridgehead atoms. The van der Waals surface area contributed by atoms with Crippen LogP contribution in [-0.4, -0.2) is 22.1 Å². The molecule has 0 radical (unpaired) electrons. The maximum atomic E-state index is 12.1. The summed E-state index contributed by atoms with van der Waals surface area (Å²) >= 11 is 0. The number of carbonyl (C=O) groups excluding carboxylic acids is 1. The van der Waals surface area contributed by atoms with Gasteiger partial charge in [-0.15, -0.1) is 0 Å². The molecule has 1 saturated carbocycles. The maximum Gasteiger partial charge on any atom is 0.274 e. The summed E-state index contributed by atoms with van der Waals surface area (Å²) in [6.45, 7) is 4.19. The molecule has 0 aliphatic heterocycles. The van der Waals surface area contributed by atoms with Crippen molar-refractivity contribution in [1.29, 1.82) is 0 Å². The van der Waals surface area contributed by atoms with Crippen molar-refractivity contribution in [3.05, 3.63) is 11.4 Å². The van der Waals surface area contributed by atoms with E-state index in [0.717, 1.165) is 37.8 Å². The Morgan fingerprint density at radius 1 is 1.56 bits per heavy atom. The third-order valence-electron chi connectivity index (χ3n) is 3.50. The Morgan fingerprint density at radius 3 is 2.83 bits per heavy atom. The van der Waals surface area contributed by atoms with Crippen LogP contribution in [0.5, 0.6) is 0 Å². The van der Waals surface area contributed by atoms with E-state index in [9.17, 15) is 4.79 Å². The van der Waals surface area contributed by atoms with Gasteiger partial charge in [-0.05, 0) is 25.7 Å². The second kappa shape index (κ2) is 5.42. The number of nitrogens with two attached hydrogens (primary N) is 1. The van der Waals surface area contributed by atoms with Gasteiger partial charge < -0.3 is 11.1 Å². The monoisotopic (exact) mass is 250 g/mol. The van der Waals surface area contributed by atoms with Gasteiger partial charge in [-0.25, -0.2) is 0 Å². The van der Waals surface area contributed by atoms with Crippen molar-refractivity contribution >= 4 is 11.6 Å². The van der Waals surface area contributed by atoms with Gasteiger partial charge in [-0.2, -0.15) is 5.10 Å². The van der Waals surface area contributed by atoms with Crippen molar-refractivity contribution in [2.45, 2.75) is 57.9 Å². The lowest BCUT2D eigenvalue weighted by atomic mass is 10.1. The summed E-state index contributed by atoms with van der Waals surface area (Å²) in [6.07, 6.45) is 5.26. The summed E-state index contributed by atoms with van der Waals surface area (Å²) in [4.78, 5) is 12.1. The fraction of sp³-hybridized carbons (Fsp3) is 0.692. The lowest BCUT2D eigenvalue weighted by molar-refractivity contribution is 0.0929. The first-order chi connectivity index (χ1) is 8.67. The number of carbonyl (C=O) groups is 1. The number of amides is 1. The largest absolute Gasteiger partial charge is 0.395 e. The SMILES string of the molecule is CCCC(CC)NC(=O)c1n[nH]c(C2CC2)c1N. The van der Waals surface area contributed by atoms with Crippen molar-refractivity contribution in [3.8, 4) is 0 Å². The van der Waals surface area contributed by atoms with Gasteiger partial charge in [-0.3, -0.25) is 9.89 Å². The zero-order valence-corrected chi connectivity index (χ0v) is 11.1. The second-order valence-corrected chi connectivity index (χ2v) is 5.04. The highest BCUT2D eigenvalue weighted by Gasteiger charge is 2.30. The number of aromatic amines is 1. The molecule has 1 aliphatic rings. The summed E-state index contributed by atoms with van der Waals surface area (Å²) in [7, 11) is 0. The van der Waals surface area contributed by atoms with Gasteiger partial charge in [0.1, 0.15) is 0 Å². The zero-order chi connectivity index (χ0) is 13.1. The van der Waals surface area contributed by atoms with Crippen molar-refractivity contribution in [2.24, 2.45) is 0 Å². The molecule has 1 aromatic rings. The number of aromatic nitrogens is 2. The lowest BCUT2D eigenvalue weighted by Gasteiger charge is -2.15. The third kappa shape index (κ3) is 2.66. The maximum absolute atomic E-state index is 12.1. The van der Waals surface area contributed by atoms with Crippen molar-refractivity contribution in [3.63, 3.8) is 0 Å². The average Bonchev–Trinajstić information content (AvgIpc) is 3.12. The van der Waals surface area contributed by atoms with Crippen LogP contribution in [-0.2, 0) is 0 Å². The van der Waals surface area contributed by atoms with Gasteiger partial charge in [0.25, 0.3) is 5.91 Å². The van der Waals surface area contributed by atoms with E-state index in [1.54, 1.807) is 0 Å². The first kappa shape index (κ1) is 12.9. The Morgan fingerprint density at radius 2 is 2.28 bits per heavy atom. The minimum absolute atomic E-state index is 0.157. The number of H-pyrrole nitrogens is 1. The first-order valence-corrected chi connectivity index (χ1v) is 6.81. The molecule has 1 amide bonds. The molecule has 2 rings (SSSR count). The highest BCUT2D eigenvalue weighted by atomic mass is 16.2. The molecule has 1 fully saturated rings. The van der Waals surface area contributed by atoms with Crippen LogP contribution in [0.25, 0.3) is 0 Å². The molecule has 4 N–H and O–H groups in total. The number of anilines is 1. The van der Waals surface area contributed by atoms with Crippen molar-refractivity contribution in [2.75, 3.05) is 5.73 Å². The number of hydrogen-bond acceptors (Lipinski definition) is 3. The number of hydrogen-bond donors (Lipinski definition) is 3. The topological polar surface area (TPSA) is 83.8 Å². The summed E-state index contributed by atoms with van der Waals surface area (Å²) in [5, 5.41) is 9.96. The summed E-state index contributed by atoms with van der Waals surface area (Å²) < 4.78 is 0. The first-order valence-electron chi connectivity index (χ1n) is 6.81. The van der Waals surface area contributed by atoms with E-state index in [4.69, 9.17) is 5.73 Å². The molecule has 0 saturated heterocycles. The van der Waals surface area contributed by atoms with E-state index in [0.29, 0.717) is 17.3 Å². The number of nitrogen functional groups attached to an aromatic ring is 1. The van der Waals surface area contributed by atoms with Gasteiger partial charge in [-0.1, -0.05) is 20.3 Å². The fourth-order valence-electron chi connectivity index (χ4n) is 2.20. The summed E-state index contributed by atoms with van der Waals surface area (Å²) in [5.74, 6) is 0.326. The number of nitrogens with zero attached hydrogens (tertiary/aromatic N) is 1. The molecule has 0 aromatic carbocycles. The van der Waals surface area contributed by atoms with E-state index in [1.165, 1.54) is 0 Å². The van der Waals surface area contributed by atoms with Crippen molar-refractivity contribution in [1.82, 2.24) is 15.5 Å². The Balaban J connectivity index is 2.04. The molecule has 0 spiro atoms. The minimum Gasteiger partial charge on any atom is -0.395 e. The number of nitrogens with one attached hydrogen (secondary N) is 2. The quantitative estimate of drug-likeness (QED) is 0.723. The molecule has 1 heterocycles. The molecule has 1 atom stereocenters. The van der Waals surface area contributed by atoms with Crippen LogP contribution < -0.4 is 11.1 Å². The molecule has 5 heteroatoms. The molecule has 1 unspecified atom stereocenters. The predicted octanol–water partition coefficient (Wildman–Crippen LogP) is 2.18. The standard InChI is InChI=1S/C13H22N4O/c1-3-5-9(4-2)15-13(18)12-10(14)11(16-17-12)8-6-7-8/h8-9H,3-7,14H2,1-2H3,(H,15,18)(H,16,17). The molecular formula is C13H22N4O. The summed E-state index contributed by atoms with van der Waals surface area (Å²) in [5.41, 5.74) is 7.80.